The van der Waals surface area contributed by atoms with E-state index in [4.69, 9.17) is 19.4 Å². The Bertz CT molecular complexity index is 2570. The van der Waals surface area contributed by atoms with Crippen molar-refractivity contribution in [1.29, 1.82) is 0 Å². The SMILES string of the molecule is C=CC(=O)N1CC[C@@H]2[C@H]1CN2C(=O)N(C)C(C(=O)NC1Cc2nc(cs2)-c2ccc3c(c2)c2c(n3CC)-c3cccnc3[C@@H](OC)C2C(C)(C)COC(=O)[C@@H]2CCCN(N2)C1=O)C(C)C. The third kappa shape index (κ3) is 7.58. The predicted molar refractivity (Wildman–Crippen MR) is 245 cm³/mol. The first-order chi connectivity index (χ1) is 31.2. The summed E-state index contributed by atoms with van der Waals surface area (Å²) in [5.41, 5.74) is 9.22. The number of cyclic esters (lactones) is 1. The zero-order valence-electron chi connectivity index (χ0n) is 38.2. The Hall–Kier alpha value is -5.65. The molecule has 3 saturated heterocycles. The number of likely N-dealkylation sites (tertiary alicyclic amines) is 2. The molecule has 0 saturated carbocycles. The summed E-state index contributed by atoms with van der Waals surface area (Å²) in [7, 11) is 3.32. The minimum absolute atomic E-state index is 0.0730. The number of urea groups is 1. The molecule has 0 spiro atoms. The fraction of sp³-hybridized carbons (Fsp3) is 0.521. The van der Waals surface area contributed by atoms with Crippen LogP contribution in [0, 0.1) is 11.3 Å². The Morgan fingerprint density at radius 1 is 1.14 bits per heavy atom. The second-order valence-corrected chi connectivity index (χ2v) is 19.9. The van der Waals surface area contributed by atoms with Crippen LogP contribution in [0.1, 0.15) is 82.2 Å². The highest BCUT2D eigenvalue weighted by molar-refractivity contribution is 7.10. The number of aromatic nitrogens is 3. The van der Waals surface area contributed by atoms with Crippen molar-refractivity contribution in [2.45, 2.75) is 109 Å². The van der Waals surface area contributed by atoms with Gasteiger partial charge in [-0.3, -0.25) is 29.2 Å². The third-order valence-electron chi connectivity index (χ3n) is 14.3. The van der Waals surface area contributed by atoms with Crippen molar-refractivity contribution < 1.29 is 33.4 Å². The number of thiazole rings is 1. The lowest BCUT2D eigenvalue weighted by atomic mass is 9.67. The van der Waals surface area contributed by atoms with Crippen LogP contribution in [-0.4, -0.2) is 135 Å². The molecule has 17 heteroatoms. The van der Waals surface area contributed by atoms with Crippen LogP contribution in [0.2, 0.25) is 0 Å². The number of methoxy groups -OCH3 is 1. The number of pyridine rings is 1. The van der Waals surface area contributed by atoms with E-state index >= 15 is 0 Å². The van der Waals surface area contributed by atoms with Crippen LogP contribution in [-0.2, 0) is 41.6 Å². The number of carbonyl (C=O) groups excluding carboxylic acids is 5. The molecule has 5 amide bonds. The summed E-state index contributed by atoms with van der Waals surface area (Å²) in [5, 5.41) is 8.12. The maximum atomic E-state index is 14.7. The van der Waals surface area contributed by atoms with Crippen molar-refractivity contribution in [2.24, 2.45) is 11.3 Å². The fourth-order valence-electron chi connectivity index (χ4n) is 11.1. The van der Waals surface area contributed by atoms with Crippen LogP contribution in [0.5, 0.6) is 0 Å². The Kier molecular flexibility index (Phi) is 11.9. The van der Waals surface area contributed by atoms with Gasteiger partial charge >= 0.3 is 12.0 Å². The van der Waals surface area contributed by atoms with Crippen LogP contribution in [0.4, 0.5) is 4.79 Å². The van der Waals surface area contributed by atoms with E-state index in [9.17, 15) is 24.0 Å². The smallest absolute Gasteiger partial charge is 0.324 e. The first-order valence-corrected chi connectivity index (χ1v) is 23.6. The number of esters is 1. The molecule has 7 atom stereocenters. The highest BCUT2D eigenvalue weighted by Gasteiger charge is 2.52. The molecule has 7 heterocycles. The molecule has 1 aliphatic carbocycles. The van der Waals surface area contributed by atoms with Gasteiger partial charge in [-0.2, -0.15) is 0 Å². The molecule has 2 N–H and O–H groups in total. The number of hydrogen-bond donors (Lipinski definition) is 2. The topological polar surface area (TPSA) is 172 Å². The Morgan fingerprint density at radius 2 is 1.94 bits per heavy atom. The van der Waals surface area contributed by atoms with Crippen molar-refractivity contribution in [3.05, 3.63) is 70.8 Å². The molecule has 16 nitrogen and oxygen atoms in total. The fourth-order valence-corrected chi connectivity index (χ4v) is 11.9. The molecule has 3 fully saturated rings. The predicted octanol–water partition coefficient (Wildman–Crippen LogP) is 5.28. The van der Waals surface area contributed by atoms with E-state index in [1.54, 1.807) is 30.2 Å². The van der Waals surface area contributed by atoms with Crippen molar-refractivity contribution >= 4 is 52.0 Å². The number of aryl methyl sites for hydroxylation is 1. The van der Waals surface area contributed by atoms with Gasteiger partial charge in [-0.1, -0.05) is 40.3 Å². The molecule has 1 aromatic carbocycles. The molecule has 4 aliphatic heterocycles. The maximum Gasteiger partial charge on any atom is 0.324 e. The van der Waals surface area contributed by atoms with E-state index < -0.39 is 47.4 Å². The van der Waals surface area contributed by atoms with E-state index in [0.717, 1.165) is 44.7 Å². The zero-order chi connectivity index (χ0) is 46.1. The monoisotopic (exact) mass is 905 g/mol. The largest absolute Gasteiger partial charge is 0.464 e. The average Bonchev–Trinajstić information content (AvgIpc) is 3.99. The second-order valence-electron chi connectivity index (χ2n) is 19.0. The molecule has 0 radical (unpaired) electrons. The van der Waals surface area contributed by atoms with Gasteiger partial charge in [-0.15, -0.1) is 11.3 Å². The Morgan fingerprint density at radius 3 is 2.68 bits per heavy atom. The van der Waals surface area contributed by atoms with Gasteiger partial charge in [-0.25, -0.2) is 15.2 Å². The summed E-state index contributed by atoms with van der Waals surface area (Å²) in [6.07, 6.45) is 4.37. The van der Waals surface area contributed by atoms with Gasteiger partial charge in [0.2, 0.25) is 11.8 Å². The molecule has 5 aliphatic rings. The van der Waals surface area contributed by atoms with Crippen molar-refractivity contribution in [3.63, 3.8) is 0 Å². The number of carbonyl (C=O) groups is 5. The lowest BCUT2D eigenvalue weighted by Crippen LogP contribution is -2.68. The van der Waals surface area contributed by atoms with E-state index in [0.29, 0.717) is 50.4 Å². The molecule has 3 unspecified atom stereocenters. The van der Waals surface area contributed by atoms with E-state index in [-0.39, 0.29) is 48.9 Å². The first-order valence-electron chi connectivity index (χ1n) is 22.8. The van der Waals surface area contributed by atoms with Gasteiger partial charge in [0.1, 0.15) is 24.2 Å². The molecular weight excluding hydrogens is 847 g/mol. The number of ether oxygens (including phenoxy) is 2. The molecule has 344 valence electrons. The summed E-state index contributed by atoms with van der Waals surface area (Å²) in [6.45, 7) is 15.7. The van der Waals surface area contributed by atoms with Crippen LogP contribution in [0.15, 0.2) is 54.6 Å². The summed E-state index contributed by atoms with van der Waals surface area (Å²) < 4.78 is 14.9. The molecule has 4 aromatic rings. The normalized spacial score (nSPS) is 25.3. The van der Waals surface area contributed by atoms with Crippen LogP contribution in [0.3, 0.4) is 0 Å². The lowest BCUT2D eigenvalue weighted by Gasteiger charge is -2.48. The van der Waals surface area contributed by atoms with Crippen LogP contribution < -0.4 is 10.7 Å². The summed E-state index contributed by atoms with van der Waals surface area (Å²) >= 11 is 1.41. The highest BCUT2D eigenvalue weighted by atomic mass is 32.1. The van der Waals surface area contributed by atoms with Gasteiger partial charge in [0.15, 0.2) is 0 Å². The quantitative estimate of drug-likeness (QED) is 0.184. The average molecular weight is 906 g/mol. The number of hydrazine groups is 1. The molecule has 6 bridgehead atoms. The number of amides is 5. The minimum atomic E-state index is -1.08. The highest BCUT2D eigenvalue weighted by Crippen LogP contribution is 2.57. The van der Waals surface area contributed by atoms with Crippen molar-refractivity contribution in [2.75, 3.05) is 40.4 Å². The number of benzene rings is 1. The second kappa shape index (κ2) is 17.3. The number of fused-ring (bicyclic) bond motifs is 9. The van der Waals surface area contributed by atoms with Gasteiger partial charge < -0.3 is 34.1 Å². The van der Waals surface area contributed by atoms with Gasteiger partial charge in [0, 0.05) is 91.7 Å². The standard InChI is InChI=1S/C48H59N9O7S/c1-9-37(58)55-20-17-34-35(55)23-56(34)47(62)53(7)41(26(3)4)44(59)51-31-22-36-50-32(24-65-36)27-15-16-33-29(21-27)38-39(43(63-8)40-28(13-11-18-49-40)42(38)54(33)10-2)48(5,6)25-64-46(61)30-14-12-19-57(52-30)45(31)60/h9,11,13,15-16,18,21,24,26,30-31,34-35,39,41,43,52H,1,10,12,14,17,19-20,22-23,25H2,2-8H3,(H,51,59)/t30-,31?,34+,35+,39?,41?,43-/m0/s1. The van der Waals surface area contributed by atoms with Crippen molar-refractivity contribution in [3.8, 4) is 22.5 Å². The number of hydrogen-bond acceptors (Lipinski definition) is 11. The van der Waals surface area contributed by atoms with E-state index in [2.05, 4.69) is 66.9 Å². The van der Waals surface area contributed by atoms with Crippen LogP contribution >= 0.6 is 11.3 Å². The van der Waals surface area contributed by atoms with Crippen molar-refractivity contribution in [1.82, 2.24) is 45.0 Å². The van der Waals surface area contributed by atoms with E-state index in [1.807, 2.05) is 25.3 Å². The van der Waals surface area contributed by atoms with Gasteiger partial charge in [-0.05, 0) is 68.0 Å². The lowest BCUT2D eigenvalue weighted by molar-refractivity contribution is -0.156. The number of rotatable bonds is 7. The Balaban J connectivity index is 1.07. The van der Waals surface area contributed by atoms with Gasteiger partial charge in [0.25, 0.3) is 5.91 Å². The summed E-state index contributed by atoms with van der Waals surface area (Å²) in [4.78, 5) is 84.6. The minimum Gasteiger partial charge on any atom is -0.464 e. The maximum absolute atomic E-state index is 14.7. The molecular formula is C48H59N9O7S. The third-order valence-corrected chi connectivity index (χ3v) is 15.1. The number of nitrogens with zero attached hydrogens (tertiary/aromatic N) is 7. The molecule has 9 rings (SSSR count). The zero-order valence-corrected chi connectivity index (χ0v) is 39.0. The van der Waals surface area contributed by atoms with Gasteiger partial charge in [0.05, 0.1) is 40.8 Å². The molecule has 65 heavy (non-hydrogen) atoms. The number of likely N-dealkylation sites (N-methyl/N-ethyl adjacent to an activating group) is 1. The van der Waals surface area contributed by atoms with E-state index in [1.165, 1.54) is 27.3 Å². The summed E-state index contributed by atoms with van der Waals surface area (Å²) in [5.74, 6) is -2.11. The molecule has 3 aromatic heterocycles. The summed E-state index contributed by atoms with van der Waals surface area (Å²) in [6, 6.07) is 7.09. The number of nitrogens with one attached hydrogen (secondary N) is 2. The van der Waals surface area contributed by atoms with Crippen LogP contribution in [0.25, 0.3) is 33.4 Å². The first kappa shape index (κ1) is 44.5. The Labute approximate surface area is 383 Å².